The summed E-state index contributed by atoms with van der Waals surface area (Å²) in [5.41, 5.74) is 1.86. The van der Waals surface area contributed by atoms with Crippen LogP contribution in [0.1, 0.15) is 30.3 Å². The monoisotopic (exact) mass is 378 g/mol. The van der Waals surface area contributed by atoms with Gasteiger partial charge in [0.25, 0.3) is 0 Å². The molecule has 2 aromatic rings. The minimum Gasteiger partial charge on any atom is -0.293 e. The van der Waals surface area contributed by atoms with Gasteiger partial charge < -0.3 is 0 Å². The van der Waals surface area contributed by atoms with Gasteiger partial charge in [0.2, 0.25) is 10.0 Å². The van der Waals surface area contributed by atoms with E-state index in [9.17, 15) is 8.42 Å². The smallest absolute Gasteiger partial charge is 0.243 e. The van der Waals surface area contributed by atoms with Crippen molar-refractivity contribution in [3.8, 4) is 0 Å². The molecule has 1 aliphatic heterocycles. The largest absolute Gasteiger partial charge is 0.293 e. The Hall–Kier alpha value is -1.84. The van der Waals surface area contributed by atoms with E-state index in [1.54, 1.807) is 10.4 Å². The number of nitrogens with zero attached hydrogens (tertiary/aromatic N) is 6. The van der Waals surface area contributed by atoms with Crippen molar-refractivity contribution in [2.24, 2.45) is 0 Å². The van der Waals surface area contributed by atoms with Crippen molar-refractivity contribution in [3.63, 3.8) is 0 Å². The van der Waals surface area contributed by atoms with Gasteiger partial charge in [0, 0.05) is 32.7 Å². The van der Waals surface area contributed by atoms with E-state index in [0.29, 0.717) is 37.6 Å². The van der Waals surface area contributed by atoms with Gasteiger partial charge in [0.15, 0.2) is 5.82 Å². The van der Waals surface area contributed by atoms with Crippen molar-refractivity contribution in [2.45, 2.75) is 45.2 Å². The van der Waals surface area contributed by atoms with Crippen molar-refractivity contribution in [1.29, 1.82) is 0 Å². The average Bonchev–Trinajstić information content (AvgIpc) is 3.02. The first-order valence-corrected chi connectivity index (χ1v) is 10.4. The molecule has 1 aromatic heterocycles. The van der Waals surface area contributed by atoms with Crippen LogP contribution in [-0.2, 0) is 23.1 Å². The topological polar surface area (TPSA) is 84.2 Å². The van der Waals surface area contributed by atoms with Gasteiger partial charge >= 0.3 is 0 Å². The molecule has 0 bridgehead atoms. The highest BCUT2D eigenvalue weighted by Gasteiger charge is 2.30. The molecule has 1 saturated heterocycles. The fraction of sp³-hybridized carbons (Fsp3) is 0.588. The lowest BCUT2D eigenvalue weighted by Gasteiger charge is -2.33. The van der Waals surface area contributed by atoms with Crippen LogP contribution in [0.5, 0.6) is 0 Å². The molecule has 0 spiro atoms. The lowest BCUT2D eigenvalue weighted by molar-refractivity contribution is 0.175. The van der Waals surface area contributed by atoms with Crippen LogP contribution in [0.25, 0.3) is 0 Å². The molecule has 9 heteroatoms. The SMILES string of the molecule is CCCn1nnnc1CN1CCN(S(=O)(=O)c2ccc(C)cc2C)CC1. The Bertz CT molecular complexity index is 856. The van der Waals surface area contributed by atoms with Crippen LogP contribution in [0.3, 0.4) is 0 Å². The van der Waals surface area contributed by atoms with E-state index in [1.165, 1.54) is 0 Å². The third-order valence-corrected chi connectivity index (χ3v) is 6.74. The number of tetrazole rings is 1. The predicted molar refractivity (Wildman–Crippen MR) is 98.1 cm³/mol. The van der Waals surface area contributed by atoms with Crippen LogP contribution >= 0.6 is 0 Å². The molecule has 0 radical (unpaired) electrons. The summed E-state index contributed by atoms with van der Waals surface area (Å²) in [5, 5.41) is 11.8. The molecule has 0 amide bonds. The van der Waals surface area contributed by atoms with Gasteiger partial charge in [-0.05, 0) is 42.3 Å². The summed E-state index contributed by atoms with van der Waals surface area (Å²) in [6, 6.07) is 5.48. The summed E-state index contributed by atoms with van der Waals surface area (Å²) in [4.78, 5) is 2.61. The second-order valence-corrected chi connectivity index (χ2v) is 8.67. The van der Waals surface area contributed by atoms with Crippen LogP contribution < -0.4 is 0 Å². The lowest BCUT2D eigenvalue weighted by Crippen LogP contribution is -2.48. The fourth-order valence-electron chi connectivity index (χ4n) is 3.28. The van der Waals surface area contributed by atoms with E-state index < -0.39 is 10.0 Å². The highest BCUT2D eigenvalue weighted by atomic mass is 32.2. The molecule has 1 aliphatic rings. The first-order valence-electron chi connectivity index (χ1n) is 8.96. The van der Waals surface area contributed by atoms with Crippen molar-refractivity contribution in [1.82, 2.24) is 29.4 Å². The van der Waals surface area contributed by atoms with Crippen molar-refractivity contribution in [3.05, 3.63) is 35.2 Å². The highest BCUT2D eigenvalue weighted by Crippen LogP contribution is 2.22. The quantitative estimate of drug-likeness (QED) is 0.751. The summed E-state index contributed by atoms with van der Waals surface area (Å²) in [6.45, 7) is 9.64. The Morgan fingerprint density at radius 1 is 1.12 bits per heavy atom. The molecule has 8 nitrogen and oxygen atoms in total. The number of benzene rings is 1. The second kappa shape index (κ2) is 7.81. The van der Waals surface area contributed by atoms with E-state index in [0.717, 1.165) is 29.9 Å². The summed E-state index contributed by atoms with van der Waals surface area (Å²) < 4.78 is 29.3. The molecule has 0 N–H and O–H groups in total. The molecular formula is C17H26N6O2S. The minimum absolute atomic E-state index is 0.406. The molecule has 142 valence electrons. The van der Waals surface area contributed by atoms with Crippen LogP contribution in [0, 0.1) is 13.8 Å². The predicted octanol–water partition coefficient (Wildman–Crippen LogP) is 1.21. The zero-order valence-electron chi connectivity index (χ0n) is 15.6. The Labute approximate surface area is 154 Å². The molecule has 2 heterocycles. The second-order valence-electron chi connectivity index (χ2n) is 6.77. The Morgan fingerprint density at radius 3 is 2.50 bits per heavy atom. The number of sulfonamides is 1. The van der Waals surface area contributed by atoms with Gasteiger partial charge in [-0.2, -0.15) is 4.31 Å². The molecule has 26 heavy (non-hydrogen) atoms. The van der Waals surface area contributed by atoms with Gasteiger partial charge in [-0.3, -0.25) is 4.90 Å². The molecule has 0 unspecified atom stereocenters. The van der Waals surface area contributed by atoms with Gasteiger partial charge in [0.1, 0.15) is 0 Å². The summed E-state index contributed by atoms with van der Waals surface area (Å²) >= 11 is 0. The molecular weight excluding hydrogens is 352 g/mol. The van der Waals surface area contributed by atoms with Crippen molar-refractivity contribution in [2.75, 3.05) is 26.2 Å². The van der Waals surface area contributed by atoms with E-state index >= 15 is 0 Å². The first-order chi connectivity index (χ1) is 12.4. The van der Waals surface area contributed by atoms with E-state index in [1.807, 2.05) is 30.7 Å². The maximum Gasteiger partial charge on any atom is 0.243 e. The molecule has 0 aliphatic carbocycles. The van der Waals surface area contributed by atoms with Crippen molar-refractivity contribution < 1.29 is 8.42 Å². The number of aromatic nitrogens is 4. The summed E-state index contributed by atoms with van der Waals surface area (Å²) in [5.74, 6) is 0.831. The minimum atomic E-state index is -3.45. The Morgan fingerprint density at radius 2 is 1.85 bits per heavy atom. The number of rotatable bonds is 6. The zero-order chi connectivity index (χ0) is 18.7. The highest BCUT2D eigenvalue weighted by molar-refractivity contribution is 7.89. The Balaban J connectivity index is 1.65. The summed E-state index contributed by atoms with van der Waals surface area (Å²) in [7, 11) is -3.45. The number of aryl methyl sites for hydroxylation is 3. The lowest BCUT2D eigenvalue weighted by atomic mass is 10.2. The third kappa shape index (κ3) is 3.94. The molecule has 3 rings (SSSR count). The molecule has 0 atom stereocenters. The first kappa shape index (κ1) is 18.9. The van der Waals surface area contributed by atoms with Crippen LogP contribution in [0.15, 0.2) is 23.1 Å². The summed E-state index contributed by atoms with van der Waals surface area (Å²) in [6.07, 6.45) is 0.972. The van der Waals surface area contributed by atoms with Gasteiger partial charge in [-0.15, -0.1) is 5.10 Å². The molecule has 0 saturated carbocycles. The van der Waals surface area contributed by atoms with E-state index in [4.69, 9.17) is 0 Å². The van der Waals surface area contributed by atoms with Gasteiger partial charge in [-0.25, -0.2) is 13.1 Å². The standard InChI is InChI=1S/C17H26N6O2S/c1-4-7-23-17(18-19-20-23)13-21-8-10-22(11-9-21)26(24,25)16-6-5-14(2)12-15(16)3/h5-6,12H,4,7-11,13H2,1-3H3. The van der Waals surface area contributed by atoms with Crippen LogP contribution in [0.4, 0.5) is 0 Å². The number of hydrogen-bond donors (Lipinski definition) is 0. The van der Waals surface area contributed by atoms with E-state index in [-0.39, 0.29) is 0 Å². The van der Waals surface area contributed by atoms with Crippen LogP contribution in [-0.4, -0.2) is 64.0 Å². The molecule has 1 aromatic carbocycles. The number of hydrogen-bond acceptors (Lipinski definition) is 6. The normalized spacial score (nSPS) is 16.9. The van der Waals surface area contributed by atoms with E-state index in [2.05, 4.69) is 27.3 Å². The van der Waals surface area contributed by atoms with Gasteiger partial charge in [-0.1, -0.05) is 24.6 Å². The maximum absolute atomic E-state index is 13.0. The molecule has 1 fully saturated rings. The Kier molecular flexibility index (Phi) is 5.69. The maximum atomic E-state index is 13.0. The third-order valence-electron chi connectivity index (χ3n) is 4.69. The van der Waals surface area contributed by atoms with Crippen LogP contribution in [0.2, 0.25) is 0 Å². The fourth-order valence-corrected chi connectivity index (χ4v) is 4.91. The van der Waals surface area contributed by atoms with Crippen molar-refractivity contribution >= 4 is 10.0 Å². The zero-order valence-corrected chi connectivity index (χ0v) is 16.4. The number of piperazine rings is 1. The average molecular weight is 379 g/mol. The van der Waals surface area contributed by atoms with Gasteiger partial charge in [0.05, 0.1) is 11.4 Å².